The molecule has 8 nitrogen and oxygen atoms in total. The number of hydrogen-bond donors (Lipinski definition) is 2. The summed E-state index contributed by atoms with van der Waals surface area (Å²) in [6.45, 7) is 1.96. The molecule has 1 amide bonds. The number of aliphatic hydroxyl groups is 1. The molecule has 0 bridgehead atoms. The maximum absolute atomic E-state index is 12.9. The van der Waals surface area contributed by atoms with Gasteiger partial charge in [0.2, 0.25) is 5.91 Å². The van der Waals surface area contributed by atoms with Crippen molar-refractivity contribution in [3.8, 4) is 11.5 Å². The van der Waals surface area contributed by atoms with Gasteiger partial charge in [0.1, 0.15) is 11.0 Å². The van der Waals surface area contributed by atoms with Crippen LogP contribution in [0.2, 0.25) is 0 Å². The van der Waals surface area contributed by atoms with E-state index in [1.54, 1.807) is 37.4 Å². The lowest BCUT2D eigenvalue weighted by atomic mass is 9.99. The van der Waals surface area contributed by atoms with E-state index in [1.165, 1.54) is 21.3 Å². The second-order valence-electron chi connectivity index (χ2n) is 7.03. The lowest BCUT2D eigenvalue weighted by Crippen LogP contribution is -2.32. The molecule has 0 spiro atoms. The molecule has 0 aromatic heterocycles. The Morgan fingerprint density at radius 3 is 2.32 bits per heavy atom. The largest absolute Gasteiger partial charge is 0.493 e. The second kappa shape index (κ2) is 11.8. The first-order chi connectivity index (χ1) is 14.8. The highest BCUT2D eigenvalue weighted by Gasteiger charge is 2.23. The molecule has 9 heteroatoms. The fourth-order valence-corrected chi connectivity index (χ4v) is 3.98. The van der Waals surface area contributed by atoms with Crippen molar-refractivity contribution in [2.24, 2.45) is 0 Å². The van der Waals surface area contributed by atoms with Crippen LogP contribution in [-0.2, 0) is 20.6 Å². The number of nitrogens with one attached hydrogen (secondary N) is 1. The second-order valence-corrected chi connectivity index (χ2v) is 8.28. The molecule has 2 aromatic carbocycles. The smallest absolute Gasteiger partial charge is 0.248 e. The zero-order chi connectivity index (χ0) is 23.0. The number of rotatable bonds is 11. The van der Waals surface area contributed by atoms with Gasteiger partial charge in [-0.2, -0.15) is 0 Å². The van der Waals surface area contributed by atoms with Crippen LogP contribution < -0.4 is 14.2 Å². The molecule has 0 saturated heterocycles. The van der Waals surface area contributed by atoms with Crippen LogP contribution >= 0.6 is 0 Å². The molecule has 0 saturated carbocycles. The van der Waals surface area contributed by atoms with Crippen molar-refractivity contribution in [1.29, 1.82) is 0 Å². The summed E-state index contributed by atoms with van der Waals surface area (Å²) in [6, 6.07) is 12.1. The van der Waals surface area contributed by atoms with Crippen molar-refractivity contribution < 1.29 is 28.4 Å². The molecular weight excluding hydrogens is 420 g/mol. The number of hydrogen-bond acceptors (Lipinski definition) is 6. The summed E-state index contributed by atoms with van der Waals surface area (Å²) in [7, 11) is 4.40. The maximum Gasteiger partial charge on any atom is 0.248 e. The summed E-state index contributed by atoms with van der Waals surface area (Å²) in [5, 5.41) is 11.6. The Morgan fingerprint density at radius 1 is 1.10 bits per heavy atom. The van der Waals surface area contributed by atoms with Gasteiger partial charge in [-0.3, -0.25) is 9.63 Å². The number of nitrogens with zero attached hydrogens (tertiary/aromatic N) is 1. The van der Waals surface area contributed by atoms with Crippen molar-refractivity contribution in [1.82, 2.24) is 9.79 Å². The van der Waals surface area contributed by atoms with E-state index < -0.39 is 23.1 Å². The predicted molar refractivity (Wildman–Crippen MR) is 118 cm³/mol. The minimum absolute atomic E-state index is 0.132. The molecule has 2 N–H and O–H groups in total. The van der Waals surface area contributed by atoms with E-state index in [2.05, 4.69) is 4.72 Å². The minimum Gasteiger partial charge on any atom is -0.493 e. The van der Waals surface area contributed by atoms with Crippen LogP contribution in [0, 0.1) is 6.92 Å². The summed E-state index contributed by atoms with van der Waals surface area (Å²) in [5.41, 5.74) is 1.80. The van der Waals surface area contributed by atoms with Gasteiger partial charge >= 0.3 is 0 Å². The number of aliphatic hydroxyl groups excluding tert-OH is 1. The number of benzene rings is 2. The number of amides is 1. The Hall–Kier alpha value is -2.46. The third-order valence-electron chi connectivity index (χ3n) is 4.84. The standard InChI is InChI=1S/C22H30N2O6S/c1-15-6-9-18(10-7-15)31(27)23-19(13-17(25)14-22(26)24(2)30-5)16-8-11-20(28-3)21(12-16)29-4/h6-12,17,19,23,25H,13-14H2,1-5H3/t17-,19+,31?/m1/s1. The van der Waals surface area contributed by atoms with Gasteiger partial charge in [0.05, 0.1) is 38.7 Å². The van der Waals surface area contributed by atoms with Gasteiger partial charge in [0, 0.05) is 13.1 Å². The van der Waals surface area contributed by atoms with E-state index >= 15 is 0 Å². The first-order valence-electron chi connectivity index (χ1n) is 9.74. The molecule has 0 aliphatic heterocycles. The van der Waals surface area contributed by atoms with Crippen LogP contribution in [0.1, 0.15) is 30.0 Å². The Kier molecular flexibility index (Phi) is 9.44. The van der Waals surface area contributed by atoms with Gasteiger partial charge in [-0.15, -0.1) is 0 Å². The zero-order valence-corrected chi connectivity index (χ0v) is 19.3. The lowest BCUT2D eigenvalue weighted by Gasteiger charge is -2.23. The predicted octanol–water partition coefficient (Wildman–Crippen LogP) is 2.53. The molecule has 3 atom stereocenters. The highest BCUT2D eigenvalue weighted by Crippen LogP contribution is 2.32. The SMILES string of the molecule is COc1ccc([C@H](C[C@@H](O)CC(=O)N(C)OC)NS(=O)c2ccc(C)cc2)cc1OC. The van der Waals surface area contributed by atoms with Crippen LogP contribution in [0.5, 0.6) is 11.5 Å². The van der Waals surface area contributed by atoms with E-state index in [1.807, 2.05) is 19.1 Å². The molecule has 2 rings (SSSR count). The van der Waals surface area contributed by atoms with Crippen LogP contribution in [0.4, 0.5) is 0 Å². The van der Waals surface area contributed by atoms with E-state index in [0.717, 1.165) is 16.2 Å². The van der Waals surface area contributed by atoms with Gasteiger partial charge in [-0.05, 0) is 43.2 Å². The zero-order valence-electron chi connectivity index (χ0n) is 18.5. The molecule has 170 valence electrons. The minimum atomic E-state index is -1.53. The average molecular weight is 451 g/mol. The number of hydroxylamine groups is 2. The maximum atomic E-state index is 12.9. The molecule has 31 heavy (non-hydrogen) atoms. The fourth-order valence-electron chi connectivity index (χ4n) is 2.97. The summed E-state index contributed by atoms with van der Waals surface area (Å²) in [5.74, 6) is 0.709. The lowest BCUT2D eigenvalue weighted by molar-refractivity contribution is -0.170. The number of ether oxygens (including phenoxy) is 2. The first kappa shape index (κ1) is 24.8. The number of carbonyl (C=O) groups excluding carboxylic acids is 1. The van der Waals surface area contributed by atoms with Crippen molar-refractivity contribution >= 4 is 16.9 Å². The van der Waals surface area contributed by atoms with E-state index in [9.17, 15) is 14.1 Å². The van der Waals surface area contributed by atoms with Gasteiger partial charge < -0.3 is 14.6 Å². The Bertz CT molecular complexity index is 890. The molecule has 0 fully saturated rings. The molecular formula is C22H30N2O6S. The Labute approximate surface area is 185 Å². The number of methoxy groups -OCH3 is 2. The monoisotopic (exact) mass is 450 g/mol. The van der Waals surface area contributed by atoms with Crippen molar-refractivity contribution in [2.75, 3.05) is 28.4 Å². The Morgan fingerprint density at radius 2 is 1.74 bits per heavy atom. The normalized spacial score (nSPS) is 13.9. The van der Waals surface area contributed by atoms with Crippen LogP contribution in [-0.4, -0.2) is 54.8 Å². The fraction of sp³-hybridized carbons (Fsp3) is 0.409. The van der Waals surface area contributed by atoms with Crippen LogP contribution in [0.3, 0.4) is 0 Å². The van der Waals surface area contributed by atoms with E-state index in [4.69, 9.17) is 14.3 Å². The molecule has 0 aliphatic rings. The van der Waals surface area contributed by atoms with Crippen molar-refractivity contribution in [3.63, 3.8) is 0 Å². The van der Waals surface area contributed by atoms with E-state index in [-0.39, 0.29) is 18.7 Å². The highest BCUT2D eigenvalue weighted by molar-refractivity contribution is 7.83. The van der Waals surface area contributed by atoms with Gasteiger partial charge in [-0.25, -0.2) is 14.0 Å². The summed E-state index contributed by atoms with van der Waals surface area (Å²) in [6.07, 6.45) is -0.964. The van der Waals surface area contributed by atoms with Gasteiger partial charge in [-0.1, -0.05) is 23.8 Å². The van der Waals surface area contributed by atoms with Crippen LogP contribution in [0.15, 0.2) is 47.4 Å². The average Bonchev–Trinajstić information content (AvgIpc) is 2.77. The quantitative estimate of drug-likeness (QED) is 0.511. The van der Waals surface area contributed by atoms with E-state index in [0.29, 0.717) is 16.4 Å². The van der Waals surface area contributed by atoms with Gasteiger partial charge in [0.25, 0.3) is 0 Å². The molecule has 0 radical (unpaired) electrons. The molecule has 1 unspecified atom stereocenters. The van der Waals surface area contributed by atoms with Gasteiger partial charge in [0.15, 0.2) is 11.5 Å². The van der Waals surface area contributed by atoms with Crippen molar-refractivity contribution in [2.45, 2.75) is 36.8 Å². The topological polar surface area (TPSA) is 97.3 Å². The third kappa shape index (κ3) is 7.03. The Balaban J connectivity index is 2.27. The molecule has 0 heterocycles. The van der Waals surface area contributed by atoms with Crippen molar-refractivity contribution in [3.05, 3.63) is 53.6 Å². The summed E-state index contributed by atoms with van der Waals surface area (Å²) < 4.78 is 26.7. The number of carbonyl (C=O) groups is 1. The molecule has 2 aromatic rings. The molecule has 0 aliphatic carbocycles. The first-order valence-corrected chi connectivity index (χ1v) is 10.9. The number of aryl methyl sites for hydroxylation is 1. The third-order valence-corrected chi connectivity index (χ3v) is 6.04. The van der Waals surface area contributed by atoms with Crippen LogP contribution in [0.25, 0.3) is 0 Å². The summed E-state index contributed by atoms with van der Waals surface area (Å²) >= 11 is 0. The highest BCUT2D eigenvalue weighted by atomic mass is 32.2. The summed E-state index contributed by atoms with van der Waals surface area (Å²) in [4.78, 5) is 17.6.